The summed E-state index contributed by atoms with van der Waals surface area (Å²) in [5, 5.41) is 14.3. The third-order valence-corrected chi connectivity index (χ3v) is 4.20. The third kappa shape index (κ3) is 6.46. The van der Waals surface area contributed by atoms with Gasteiger partial charge < -0.3 is 30.0 Å². The zero-order valence-electron chi connectivity index (χ0n) is 17.1. The highest BCUT2D eigenvalue weighted by atomic mass is 16.5. The SMILES string of the molecule is COC(=O)c1cc(NC(=O)NC(Cc2ccc(O)cc2)C(=O)OC)cc(C(=O)OC)c1. The van der Waals surface area contributed by atoms with Crippen LogP contribution < -0.4 is 10.6 Å². The number of hydrogen-bond donors (Lipinski definition) is 3. The first kappa shape index (κ1) is 23.2. The van der Waals surface area contributed by atoms with Crippen molar-refractivity contribution in [1.82, 2.24) is 5.32 Å². The van der Waals surface area contributed by atoms with Crippen molar-refractivity contribution in [2.24, 2.45) is 0 Å². The molecule has 0 spiro atoms. The molecule has 0 aliphatic heterocycles. The van der Waals surface area contributed by atoms with Gasteiger partial charge in [-0.1, -0.05) is 12.1 Å². The monoisotopic (exact) mass is 430 g/mol. The van der Waals surface area contributed by atoms with E-state index >= 15 is 0 Å². The van der Waals surface area contributed by atoms with Gasteiger partial charge in [-0.05, 0) is 35.9 Å². The van der Waals surface area contributed by atoms with Crippen molar-refractivity contribution in [3.63, 3.8) is 0 Å². The van der Waals surface area contributed by atoms with Crippen molar-refractivity contribution in [3.8, 4) is 5.75 Å². The topological polar surface area (TPSA) is 140 Å². The molecule has 164 valence electrons. The van der Waals surface area contributed by atoms with Gasteiger partial charge in [0.1, 0.15) is 11.8 Å². The zero-order valence-corrected chi connectivity index (χ0v) is 17.1. The molecular weight excluding hydrogens is 408 g/mol. The van der Waals surface area contributed by atoms with Gasteiger partial charge in [0.25, 0.3) is 0 Å². The molecule has 0 radical (unpaired) electrons. The number of carbonyl (C=O) groups is 4. The first-order valence-corrected chi connectivity index (χ1v) is 9.02. The third-order valence-electron chi connectivity index (χ3n) is 4.20. The van der Waals surface area contributed by atoms with Gasteiger partial charge in [-0.25, -0.2) is 19.2 Å². The Balaban J connectivity index is 2.20. The lowest BCUT2D eigenvalue weighted by Gasteiger charge is -2.17. The number of phenolic OH excluding ortho intramolecular Hbond substituents is 1. The Morgan fingerprint density at radius 1 is 0.871 bits per heavy atom. The molecular formula is C21H22N2O8. The molecule has 0 fully saturated rings. The molecule has 2 aromatic rings. The molecule has 0 aliphatic carbocycles. The molecule has 10 nitrogen and oxygen atoms in total. The summed E-state index contributed by atoms with van der Waals surface area (Å²) < 4.78 is 14.0. The number of nitrogens with one attached hydrogen (secondary N) is 2. The first-order valence-electron chi connectivity index (χ1n) is 9.02. The summed E-state index contributed by atoms with van der Waals surface area (Å²) >= 11 is 0. The van der Waals surface area contributed by atoms with E-state index in [1.54, 1.807) is 12.1 Å². The maximum absolute atomic E-state index is 12.5. The summed E-state index contributed by atoms with van der Waals surface area (Å²) in [7, 11) is 3.54. The molecule has 2 amide bonds. The van der Waals surface area contributed by atoms with E-state index in [-0.39, 0.29) is 29.0 Å². The van der Waals surface area contributed by atoms with Crippen LogP contribution in [0.4, 0.5) is 10.5 Å². The predicted octanol–water partition coefficient (Wildman–Crippen LogP) is 1.87. The lowest BCUT2D eigenvalue weighted by atomic mass is 10.1. The molecule has 1 unspecified atom stereocenters. The van der Waals surface area contributed by atoms with Gasteiger partial charge in [0.15, 0.2) is 0 Å². The smallest absolute Gasteiger partial charge is 0.337 e. The molecule has 0 heterocycles. The highest BCUT2D eigenvalue weighted by Crippen LogP contribution is 2.17. The molecule has 0 bridgehead atoms. The number of benzene rings is 2. The summed E-state index contributed by atoms with van der Waals surface area (Å²) in [6, 6.07) is 8.21. The number of amides is 2. The van der Waals surface area contributed by atoms with E-state index in [9.17, 15) is 24.3 Å². The maximum Gasteiger partial charge on any atom is 0.337 e. The quantitative estimate of drug-likeness (QED) is 0.447. The molecule has 0 saturated heterocycles. The summed E-state index contributed by atoms with van der Waals surface area (Å²) in [6.07, 6.45) is 0.107. The molecule has 0 aliphatic rings. The number of aromatic hydroxyl groups is 1. The fourth-order valence-corrected chi connectivity index (χ4v) is 2.70. The number of ether oxygens (including phenoxy) is 3. The minimum Gasteiger partial charge on any atom is -0.508 e. The van der Waals surface area contributed by atoms with Crippen LogP contribution in [0, 0.1) is 0 Å². The van der Waals surface area contributed by atoms with Crippen molar-refractivity contribution in [2.75, 3.05) is 26.6 Å². The molecule has 31 heavy (non-hydrogen) atoms. The Labute approximate surface area is 178 Å². The van der Waals surface area contributed by atoms with Gasteiger partial charge in [0.05, 0.1) is 32.5 Å². The van der Waals surface area contributed by atoms with E-state index in [4.69, 9.17) is 4.74 Å². The van der Waals surface area contributed by atoms with Gasteiger partial charge in [-0.15, -0.1) is 0 Å². The van der Waals surface area contributed by atoms with Gasteiger partial charge in [0, 0.05) is 12.1 Å². The maximum atomic E-state index is 12.5. The van der Waals surface area contributed by atoms with Gasteiger partial charge in [-0.3, -0.25) is 0 Å². The van der Waals surface area contributed by atoms with Gasteiger partial charge >= 0.3 is 23.9 Å². The van der Waals surface area contributed by atoms with E-state index < -0.39 is 30.0 Å². The fraction of sp³-hybridized carbons (Fsp3) is 0.238. The highest BCUT2D eigenvalue weighted by molar-refractivity contribution is 5.99. The molecule has 0 aromatic heterocycles. The Hall–Kier alpha value is -4.08. The Morgan fingerprint density at radius 2 is 1.42 bits per heavy atom. The van der Waals surface area contributed by atoms with E-state index in [0.717, 1.165) is 0 Å². The fourth-order valence-electron chi connectivity index (χ4n) is 2.70. The van der Waals surface area contributed by atoms with E-state index in [1.807, 2.05) is 0 Å². The molecule has 2 aromatic carbocycles. The average molecular weight is 430 g/mol. The lowest BCUT2D eigenvalue weighted by molar-refractivity contribution is -0.142. The van der Waals surface area contributed by atoms with Crippen LogP contribution in [0.3, 0.4) is 0 Å². The van der Waals surface area contributed by atoms with Crippen molar-refractivity contribution in [2.45, 2.75) is 12.5 Å². The Bertz CT molecular complexity index is 938. The largest absolute Gasteiger partial charge is 0.508 e. The summed E-state index contributed by atoms with van der Waals surface area (Å²) in [4.78, 5) is 48.3. The summed E-state index contributed by atoms with van der Waals surface area (Å²) in [6.45, 7) is 0. The molecule has 2 rings (SSSR count). The van der Waals surface area contributed by atoms with Crippen molar-refractivity contribution < 1.29 is 38.5 Å². The Morgan fingerprint density at radius 3 is 1.90 bits per heavy atom. The average Bonchev–Trinajstić information content (AvgIpc) is 2.77. The number of urea groups is 1. The molecule has 0 saturated carbocycles. The first-order chi connectivity index (χ1) is 14.8. The lowest BCUT2D eigenvalue weighted by Crippen LogP contribution is -2.45. The normalized spacial score (nSPS) is 11.1. The van der Waals surface area contributed by atoms with E-state index in [0.29, 0.717) is 5.56 Å². The number of phenols is 1. The zero-order chi connectivity index (χ0) is 23.0. The molecule has 3 N–H and O–H groups in total. The van der Waals surface area contributed by atoms with E-state index in [1.165, 1.54) is 51.7 Å². The van der Waals surface area contributed by atoms with E-state index in [2.05, 4.69) is 20.1 Å². The van der Waals surface area contributed by atoms with Crippen LogP contribution in [0.15, 0.2) is 42.5 Å². The van der Waals surface area contributed by atoms with Crippen molar-refractivity contribution in [1.29, 1.82) is 0 Å². The van der Waals surface area contributed by atoms with Crippen LogP contribution >= 0.6 is 0 Å². The minimum absolute atomic E-state index is 0.0225. The second-order valence-corrected chi connectivity index (χ2v) is 6.33. The number of methoxy groups -OCH3 is 3. The molecule has 10 heteroatoms. The second kappa shape index (κ2) is 10.6. The highest BCUT2D eigenvalue weighted by Gasteiger charge is 2.23. The number of carbonyl (C=O) groups excluding carboxylic acids is 4. The van der Waals surface area contributed by atoms with Crippen molar-refractivity contribution in [3.05, 3.63) is 59.2 Å². The van der Waals surface area contributed by atoms with Crippen LogP contribution in [0.5, 0.6) is 5.75 Å². The van der Waals surface area contributed by atoms with Crippen LogP contribution in [0.2, 0.25) is 0 Å². The number of anilines is 1. The Kier molecular flexibility index (Phi) is 7.95. The van der Waals surface area contributed by atoms with Crippen LogP contribution in [-0.2, 0) is 25.4 Å². The van der Waals surface area contributed by atoms with Gasteiger partial charge in [-0.2, -0.15) is 0 Å². The minimum atomic E-state index is -1.03. The number of esters is 3. The second-order valence-electron chi connectivity index (χ2n) is 6.33. The van der Waals surface area contributed by atoms with Crippen LogP contribution in [-0.4, -0.2) is 56.4 Å². The summed E-state index contributed by atoms with van der Waals surface area (Å²) in [5.74, 6) is -2.04. The standard InChI is InChI=1S/C21H22N2O8/c1-29-18(25)13-9-14(19(26)30-2)11-15(10-13)22-21(28)23-17(20(27)31-3)8-12-4-6-16(24)7-5-12/h4-7,9-11,17,24H,8H2,1-3H3,(H2,22,23,28). The number of rotatable bonds is 7. The van der Waals surface area contributed by atoms with Gasteiger partial charge in [0.2, 0.25) is 0 Å². The summed E-state index contributed by atoms with van der Waals surface area (Å²) in [5.41, 5.74) is 0.826. The molecule has 1 atom stereocenters. The predicted molar refractivity (Wildman–Crippen MR) is 109 cm³/mol. The number of hydrogen-bond acceptors (Lipinski definition) is 8. The van der Waals surface area contributed by atoms with Crippen molar-refractivity contribution >= 4 is 29.6 Å². The van der Waals surface area contributed by atoms with Crippen LogP contribution in [0.25, 0.3) is 0 Å². The van der Waals surface area contributed by atoms with Crippen LogP contribution in [0.1, 0.15) is 26.3 Å².